The molecule has 2 saturated heterocycles. The maximum Gasteiger partial charge on any atom is 0.213 e. The van der Waals surface area contributed by atoms with Gasteiger partial charge < -0.3 is 4.74 Å². The Kier molecular flexibility index (Phi) is 4.31. The van der Waals surface area contributed by atoms with Crippen molar-refractivity contribution in [2.75, 3.05) is 32.0 Å². The van der Waals surface area contributed by atoms with Crippen LogP contribution in [0.3, 0.4) is 0 Å². The van der Waals surface area contributed by atoms with Gasteiger partial charge in [-0.1, -0.05) is 30.3 Å². The molecule has 1 aromatic carbocycles. The molecule has 21 heavy (non-hydrogen) atoms. The lowest BCUT2D eigenvalue weighted by Crippen LogP contribution is -2.50. The predicted molar refractivity (Wildman–Crippen MR) is 81.4 cm³/mol. The molecule has 1 aromatic rings. The zero-order valence-corrected chi connectivity index (χ0v) is 13.1. The summed E-state index contributed by atoms with van der Waals surface area (Å²) in [5.41, 5.74) is 1.26. The third-order valence-corrected chi connectivity index (χ3v) is 6.18. The van der Waals surface area contributed by atoms with Crippen LogP contribution < -0.4 is 0 Å². The van der Waals surface area contributed by atoms with Crippen LogP contribution in [0.15, 0.2) is 30.3 Å². The third kappa shape index (κ3) is 3.13. The second kappa shape index (κ2) is 6.04. The summed E-state index contributed by atoms with van der Waals surface area (Å²) in [7, 11) is -3.13. The molecule has 2 aliphatic rings. The molecule has 3 rings (SSSR count). The van der Waals surface area contributed by atoms with Gasteiger partial charge in [-0.15, -0.1) is 0 Å². The largest absolute Gasteiger partial charge is 0.374 e. The minimum Gasteiger partial charge on any atom is -0.374 e. The summed E-state index contributed by atoms with van der Waals surface area (Å²) < 4.78 is 31.5. The molecule has 0 saturated carbocycles. The van der Waals surface area contributed by atoms with Gasteiger partial charge in [0.25, 0.3) is 0 Å². The molecule has 0 unspecified atom stereocenters. The number of rotatable bonds is 4. The van der Waals surface area contributed by atoms with Gasteiger partial charge in [0.05, 0.1) is 24.5 Å². The van der Waals surface area contributed by atoms with Crippen LogP contribution in [-0.4, -0.2) is 61.8 Å². The van der Waals surface area contributed by atoms with Crippen LogP contribution in [0.4, 0.5) is 0 Å². The van der Waals surface area contributed by atoms with Crippen molar-refractivity contribution in [3.05, 3.63) is 35.9 Å². The monoisotopic (exact) mass is 310 g/mol. The lowest BCUT2D eigenvalue weighted by atomic mass is 10.1. The van der Waals surface area contributed by atoms with E-state index in [4.69, 9.17) is 4.74 Å². The molecule has 6 heteroatoms. The minimum absolute atomic E-state index is 0.00351. The second-order valence-electron chi connectivity index (χ2n) is 5.65. The van der Waals surface area contributed by atoms with Crippen LogP contribution in [0.5, 0.6) is 0 Å². The fourth-order valence-corrected chi connectivity index (χ4v) is 4.27. The van der Waals surface area contributed by atoms with Crippen LogP contribution in [0, 0.1) is 0 Å². The van der Waals surface area contributed by atoms with E-state index in [1.165, 1.54) is 5.56 Å². The molecule has 0 N–H and O–H groups in total. The van der Waals surface area contributed by atoms with Crippen LogP contribution in [0.1, 0.15) is 12.5 Å². The van der Waals surface area contributed by atoms with Crippen molar-refractivity contribution >= 4 is 10.0 Å². The molecule has 0 aromatic heterocycles. The first-order valence-corrected chi connectivity index (χ1v) is 9.08. The van der Waals surface area contributed by atoms with Crippen molar-refractivity contribution in [2.24, 2.45) is 0 Å². The Morgan fingerprint density at radius 1 is 1.24 bits per heavy atom. The Balaban J connectivity index is 1.73. The molecule has 2 atom stereocenters. The average molecular weight is 310 g/mol. The number of hydrogen-bond acceptors (Lipinski definition) is 4. The Morgan fingerprint density at radius 2 is 2.00 bits per heavy atom. The minimum atomic E-state index is -3.13. The molecule has 0 radical (unpaired) electrons. The average Bonchev–Trinajstić information content (AvgIpc) is 2.94. The fraction of sp³-hybridized carbons (Fsp3) is 0.600. The zero-order chi connectivity index (χ0) is 14.9. The highest BCUT2D eigenvalue weighted by Gasteiger charge is 2.43. The summed E-state index contributed by atoms with van der Waals surface area (Å²) in [5.74, 6) is 0.158. The van der Waals surface area contributed by atoms with Gasteiger partial charge in [0.1, 0.15) is 0 Å². The Morgan fingerprint density at radius 3 is 2.71 bits per heavy atom. The number of sulfonamides is 1. The number of benzene rings is 1. The highest BCUT2D eigenvalue weighted by molar-refractivity contribution is 7.89. The van der Waals surface area contributed by atoms with Crippen LogP contribution in [-0.2, 0) is 21.3 Å². The van der Waals surface area contributed by atoms with E-state index in [-0.39, 0.29) is 17.9 Å². The number of fused-ring (bicyclic) bond motifs is 1. The Labute approximate surface area is 126 Å². The van der Waals surface area contributed by atoms with E-state index in [1.54, 1.807) is 11.2 Å². The van der Waals surface area contributed by atoms with E-state index in [0.717, 1.165) is 13.1 Å². The summed E-state index contributed by atoms with van der Waals surface area (Å²) in [4.78, 5) is 2.36. The molecular weight excluding hydrogens is 288 g/mol. The fourth-order valence-electron chi connectivity index (χ4n) is 3.15. The van der Waals surface area contributed by atoms with Crippen molar-refractivity contribution in [1.82, 2.24) is 9.21 Å². The van der Waals surface area contributed by atoms with E-state index in [0.29, 0.717) is 19.7 Å². The first-order chi connectivity index (χ1) is 10.1. The van der Waals surface area contributed by atoms with Gasteiger partial charge in [0, 0.05) is 26.2 Å². The number of hydrogen-bond donors (Lipinski definition) is 0. The zero-order valence-electron chi connectivity index (χ0n) is 12.3. The topological polar surface area (TPSA) is 49.9 Å². The SMILES string of the molecule is CCS(=O)(=O)N1C[C@@H]2OCCN(Cc3ccccc3)[C@H]2C1. The third-order valence-electron chi connectivity index (χ3n) is 4.37. The van der Waals surface area contributed by atoms with E-state index < -0.39 is 10.0 Å². The van der Waals surface area contributed by atoms with Gasteiger partial charge in [0.2, 0.25) is 10.0 Å². The van der Waals surface area contributed by atoms with Crippen LogP contribution in [0.25, 0.3) is 0 Å². The molecule has 0 spiro atoms. The van der Waals surface area contributed by atoms with Gasteiger partial charge in [-0.25, -0.2) is 8.42 Å². The Bertz CT molecular complexity index is 576. The number of ether oxygens (including phenoxy) is 1. The first-order valence-electron chi connectivity index (χ1n) is 7.47. The van der Waals surface area contributed by atoms with E-state index in [2.05, 4.69) is 17.0 Å². The summed E-state index contributed by atoms with van der Waals surface area (Å²) in [6.07, 6.45) is 0.00351. The van der Waals surface area contributed by atoms with Gasteiger partial charge in [-0.05, 0) is 12.5 Å². The summed E-state index contributed by atoms with van der Waals surface area (Å²) in [5, 5.41) is 0. The van der Waals surface area contributed by atoms with E-state index >= 15 is 0 Å². The van der Waals surface area contributed by atoms with Crippen LogP contribution in [0.2, 0.25) is 0 Å². The van der Waals surface area contributed by atoms with Crippen molar-refractivity contribution in [2.45, 2.75) is 25.6 Å². The summed E-state index contributed by atoms with van der Waals surface area (Å²) in [6.45, 7) is 5.12. The van der Waals surface area contributed by atoms with E-state index in [9.17, 15) is 8.42 Å². The van der Waals surface area contributed by atoms with Crippen LogP contribution >= 0.6 is 0 Å². The highest BCUT2D eigenvalue weighted by atomic mass is 32.2. The molecular formula is C15H22N2O3S. The van der Waals surface area contributed by atoms with Gasteiger partial charge in [-0.2, -0.15) is 4.31 Å². The number of nitrogens with zero attached hydrogens (tertiary/aromatic N) is 2. The van der Waals surface area contributed by atoms with Crippen molar-refractivity contribution in [3.8, 4) is 0 Å². The standard InChI is InChI=1S/C15H22N2O3S/c1-2-21(18,19)17-11-14-15(12-17)20-9-8-16(14)10-13-6-4-3-5-7-13/h3-7,14-15H,2,8-12H2,1H3/t14-,15-/m0/s1. The predicted octanol–water partition coefficient (Wildman–Crippen LogP) is 0.921. The maximum absolute atomic E-state index is 12.1. The van der Waals surface area contributed by atoms with Crippen molar-refractivity contribution in [1.29, 1.82) is 0 Å². The lowest BCUT2D eigenvalue weighted by Gasteiger charge is -2.36. The molecule has 2 heterocycles. The molecule has 0 amide bonds. The molecule has 116 valence electrons. The van der Waals surface area contributed by atoms with Gasteiger partial charge >= 0.3 is 0 Å². The highest BCUT2D eigenvalue weighted by Crippen LogP contribution is 2.26. The molecule has 2 aliphatic heterocycles. The normalized spacial score (nSPS) is 27.7. The number of morpholine rings is 1. The smallest absolute Gasteiger partial charge is 0.213 e. The second-order valence-corrected chi connectivity index (χ2v) is 7.91. The molecule has 0 bridgehead atoms. The maximum atomic E-state index is 12.1. The Hall–Kier alpha value is -0.950. The van der Waals surface area contributed by atoms with E-state index in [1.807, 2.05) is 18.2 Å². The van der Waals surface area contributed by atoms with Gasteiger partial charge in [0.15, 0.2) is 0 Å². The van der Waals surface area contributed by atoms with Crippen molar-refractivity contribution < 1.29 is 13.2 Å². The molecule has 5 nitrogen and oxygen atoms in total. The van der Waals surface area contributed by atoms with Crippen molar-refractivity contribution in [3.63, 3.8) is 0 Å². The first kappa shape index (κ1) is 15.0. The molecule has 0 aliphatic carbocycles. The summed E-state index contributed by atoms with van der Waals surface area (Å²) in [6, 6.07) is 10.5. The van der Waals surface area contributed by atoms with Gasteiger partial charge in [-0.3, -0.25) is 4.90 Å². The lowest BCUT2D eigenvalue weighted by molar-refractivity contribution is -0.0502. The molecule has 2 fully saturated rings. The summed E-state index contributed by atoms with van der Waals surface area (Å²) >= 11 is 0. The quantitative estimate of drug-likeness (QED) is 0.830.